The van der Waals surface area contributed by atoms with Crippen LogP contribution in [0.25, 0.3) is 0 Å². The van der Waals surface area contributed by atoms with E-state index >= 15 is 0 Å². The Balaban J connectivity index is 1.96. The van der Waals surface area contributed by atoms with Crippen molar-refractivity contribution >= 4 is 44.6 Å². The van der Waals surface area contributed by atoms with Crippen LogP contribution in [0.2, 0.25) is 0 Å². The fraction of sp³-hybridized carbons (Fsp3) is 0.400. The van der Waals surface area contributed by atoms with Crippen molar-refractivity contribution in [3.63, 3.8) is 0 Å². The lowest BCUT2D eigenvalue weighted by Crippen LogP contribution is -2.44. The molecule has 3 N–H and O–H groups in total. The summed E-state index contributed by atoms with van der Waals surface area (Å²) < 4.78 is 1.11. The third-order valence-corrected chi connectivity index (χ3v) is 5.75. The van der Waals surface area contributed by atoms with Gasteiger partial charge < -0.3 is 15.7 Å². The van der Waals surface area contributed by atoms with Gasteiger partial charge in [0.05, 0.1) is 16.9 Å². The maximum atomic E-state index is 10.5. The molecule has 0 aliphatic heterocycles. The van der Waals surface area contributed by atoms with Crippen molar-refractivity contribution in [1.82, 2.24) is 10.6 Å². The summed E-state index contributed by atoms with van der Waals surface area (Å²) in [7, 11) is 0. The molecule has 0 amide bonds. The van der Waals surface area contributed by atoms with Crippen LogP contribution >= 0.6 is 38.6 Å². The van der Waals surface area contributed by atoms with Gasteiger partial charge in [0.1, 0.15) is 5.60 Å². The minimum absolute atomic E-state index is 0.410. The standard InChI is InChI=1S/C15H20BrN3OS2/c1-3-17-14(18-9-11-6-7-13(16)22-11)19-10-15(2,20)12-5-4-8-21-12/h4-8,20H,3,9-10H2,1-2H3,(H2,17,18,19). The maximum Gasteiger partial charge on any atom is 0.191 e. The Morgan fingerprint density at radius 1 is 1.36 bits per heavy atom. The minimum atomic E-state index is -0.906. The lowest BCUT2D eigenvalue weighted by atomic mass is 10.1. The van der Waals surface area contributed by atoms with Gasteiger partial charge in [-0.25, -0.2) is 4.99 Å². The van der Waals surface area contributed by atoms with Gasteiger partial charge in [-0.1, -0.05) is 6.07 Å². The van der Waals surface area contributed by atoms with Gasteiger partial charge in [0.15, 0.2) is 5.96 Å². The summed E-state index contributed by atoms with van der Waals surface area (Å²) in [6.07, 6.45) is 0. The van der Waals surface area contributed by atoms with Crippen molar-refractivity contribution in [2.75, 3.05) is 13.1 Å². The van der Waals surface area contributed by atoms with Gasteiger partial charge in [-0.05, 0) is 53.4 Å². The van der Waals surface area contributed by atoms with Crippen molar-refractivity contribution in [2.24, 2.45) is 4.99 Å². The van der Waals surface area contributed by atoms with Crippen LogP contribution in [0.15, 0.2) is 38.4 Å². The molecule has 0 radical (unpaired) electrons. The number of thiophene rings is 2. The monoisotopic (exact) mass is 401 g/mol. The van der Waals surface area contributed by atoms with Crippen molar-refractivity contribution in [2.45, 2.75) is 26.0 Å². The molecule has 2 aromatic heterocycles. The summed E-state index contributed by atoms with van der Waals surface area (Å²) in [4.78, 5) is 6.69. The Morgan fingerprint density at radius 3 is 2.77 bits per heavy atom. The van der Waals surface area contributed by atoms with E-state index in [1.165, 1.54) is 4.88 Å². The topological polar surface area (TPSA) is 56.7 Å². The second kappa shape index (κ2) is 8.10. The highest BCUT2D eigenvalue weighted by molar-refractivity contribution is 9.11. The van der Waals surface area contributed by atoms with E-state index in [9.17, 15) is 5.11 Å². The summed E-state index contributed by atoms with van der Waals surface area (Å²) in [5, 5.41) is 18.9. The number of aliphatic hydroxyl groups is 1. The molecular formula is C15H20BrN3OS2. The third-order valence-electron chi connectivity index (χ3n) is 3.02. The van der Waals surface area contributed by atoms with E-state index in [4.69, 9.17) is 0 Å². The van der Waals surface area contributed by atoms with Crippen LogP contribution in [-0.4, -0.2) is 24.2 Å². The van der Waals surface area contributed by atoms with Gasteiger partial charge in [-0.15, -0.1) is 22.7 Å². The number of aliphatic imine (C=N–C) groups is 1. The van der Waals surface area contributed by atoms with Crippen molar-refractivity contribution < 1.29 is 5.11 Å². The molecule has 120 valence electrons. The highest BCUT2D eigenvalue weighted by Gasteiger charge is 2.24. The molecular weight excluding hydrogens is 382 g/mol. The molecule has 0 aliphatic carbocycles. The van der Waals surface area contributed by atoms with Crippen LogP contribution in [0.5, 0.6) is 0 Å². The number of nitrogens with one attached hydrogen (secondary N) is 2. The lowest BCUT2D eigenvalue weighted by molar-refractivity contribution is 0.0655. The van der Waals surface area contributed by atoms with E-state index in [0.29, 0.717) is 19.0 Å². The molecule has 0 saturated carbocycles. The largest absolute Gasteiger partial charge is 0.383 e. The van der Waals surface area contributed by atoms with E-state index < -0.39 is 5.60 Å². The fourth-order valence-electron chi connectivity index (χ4n) is 1.86. The van der Waals surface area contributed by atoms with Crippen molar-refractivity contribution in [3.8, 4) is 0 Å². The summed E-state index contributed by atoms with van der Waals surface area (Å²) in [6.45, 7) is 5.64. The van der Waals surface area contributed by atoms with Gasteiger partial charge in [-0.3, -0.25) is 0 Å². The predicted molar refractivity (Wildman–Crippen MR) is 98.7 cm³/mol. The van der Waals surface area contributed by atoms with Gasteiger partial charge in [0.25, 0.3) is 0 Å². The number of hydrogen-bond acceptors (Lipinski definition) is 4. The summed E-state index contributed by atoms with van der Waals surface area (Å²) in [6, 6.07) is 7.98. The van der Waals surface area contributed by atoms with Crippen LogP contribution in [-0.2, 0) is 12.1 Å². The first-order chi connectivity index (χ1) is 10.5. The molecule has 1 atom stereocenters. The highest BCUT2D eigenvalue weighted by Crippen LogP contribution is 2.24. The van der Waals surface area contributed by atoms with Gasteiger partial charge in [0, 0.05) is 16.3 Å². The van der Waals surface area contributed by atoms with Crippen LogP contribution in [0.4, 0.5) is 0 Å². The first kappa shape index (κ1) is 17.5. The summed E-state index contributed by atoms with van der Waals surface area (Å²) >= 11 is 6.69. The Bertz CT molecular complexity index is 608. The molecule has 2 rings (SSSR count). The molecule has 0 aromatic carbocycles. The van der Waals surface area contributed by atoms with E-state index in [1.807, 2.05) is 37.4 Å². The quantitative estimate of drug-likeness (QED) is 0.512. The average molecular weight is 402 g/mol. The maximum absolute atomic E-state index is 10.5. The van der Waals surface area contributed by atoms with Gasteiger partial charge in [0.2, 0.25) is 0 Å². The summed E-state index contributed by atoms with van der Waals surface area (Å²) in [5.74, 6) is 0.712. The second-order valence-corrected chi connectivity index (χ2v) is 8.50. The highest BCUT2D eigenvalue weighted by atomic mass is 79.9. The molecule has 0 fully saturated rings. The zero-order valence-corrected chi connectivity index (χ0v) is 15.8. The molecule has 7 heteroatoms. The van der Waals surface area contributed by atoms with E-state index in [0.717, 1.165) is 15.2 Å². The van der Waals surface area contributed by atoms with Crippen LogP contribution in [0, 0.1) is 0 Å². The first-order valence-electron chi connectivity index (χ1n) is 7.04. The van der Waals surface area contributed by atoms with E-state index in [1.54, 1.807) is 22.7 Å². The molecule has 1 unspecified atom stereocenters. The number of guanidine groups is 1. The fourth-order valence-corrected chi connectivity index (χ4v) is 4.06. The first-order valence-corrected chi connectivity index (χ1v) is 9.53. The number of rotatable bonds is 6. The molecule has 2 heterocycles. The zero-order valence-electron chi connectivity index (χ0n) is 12.6. The third kappa shape index (κ3) is 5.08. The Hall–Kier alpha value is -0.890. The Morgan fingerprint density at radius 2 is 2.18 bits per heavy atom. The van der Waals surface area contributed by atoms with E-state index in [2.05, 4.69) is 37.6 Å². The van der Waals surface area contributed by atoms with Crippen LogP contribution in [0.1, 0.15) is 23.6 Å². The minimum Gasteiger partial charge on any atom is -0.383 e. The molecule has 2 aromatic rings. The molecule has 0 bridgehead atoms. The predicted octanol–water partition coefficient (Wildman–Crippen LogP) is 3.53. The van der Waals surface area contributed by atoms with Crippen LogP contribution < -0.4 is 10.6 Å². The molecule has 0 saturated heterocycles. The average Bonchev–Trinajstić information content (AvgIpc) is 3.13. The number of halogens is 1. The van der Waals surface area contributed by atoms with Gasteiger partial charge >= 0.3 is 0 Å². The van der Waals surface area contributed by atoms with E-state index in [-0.39, 0.29) is 0 Å². The molecule has 22 heavy (non-hydrogen) atoms. The smallest absolute Gasteiger partial charge is 0.191 e. The zero-order chi connectivity index (χ0) is 16.0. The number of nitrogens with zero attached hydrogens (tertiary/aromatic N) is 1. The summed E-state index contributed by atoms with van der Waals surface area (Å²) in [5.41, 5.74) is -0.906. The van der Waals surface area contributed by atoms with Crippen molar-refractivity contribution in [3.05, 3.63) is 43.2 Å². The Kier molecular flexibility index (Phi) is 6.43. The molecule has 4 nitrogen and oxygen atoms in total. The molecule has 0 aliphatic rings. The normalized spacial score (nSPS) is 14.6. The molecule has 0 spiro atoms. The SMILES string of the molecule is CCNC(=NCc1ccc(Br)s1)NCC(C)(O)c1cccs1. The Labute approximate surface area is 147 Å². The van der Waals surface area contributed by atoms with Crippen molar-refractivity contribution in [1.29, 1.82) is 0 Å². The lowest BCUT2D eigenvalue weighted by Gasteiger charge is -2.23. The second-order valence-electron chi connectivity index (χ2n) is 5.01. The van der Waals surface area contributed by atoms with Gasteiger partial charge in [-0.2, -0.15) is 0 Å². The number of hydrogen-bond donors (Lipinski definition) is 3. The van der Waals surface area contributed by atoms with Crippen LogP contribution in [0.3, 0.4) is 0 Å².